The van der Waals surface area contributed by atoms with E-state index in [1.54, 1.807) is 25.2 Å². The molecule has 0 spiro atoms. The average Bonchev–Trinajstić information content (AvgIpc) is 3.50. The SMILES string of the molecule is CC[C@H](c1nnnn1CCOC)N(Cc1ccco1)Cc1cc2cc(OC)ccc2[nH]c1=O. The highest BCUT2D eigenvalue weighted by atomic mass is 16.5. The van der Waals surface area contributed by atoms with E-state index in [1.165, 1.54) is 0 Å². The Balaban J connectivity index is 1.71. The lowest BCUT2D eigenvalue weighted by molar-refractivity contribution is 0.142. The predicted octanol–water partition coefficient (Wildman–Crippen LogP) is 2.92. The van der Waals surface area contributed by atoms with Gasteiger partial charge in [-0.15, -0.1) is 5.10 Å². The molecule has 4 rings (SSSR count). The molecule has 0 aliphatic rings. The van der Waals surface area contributed by atoms with Gasteiger partial charge >= 0.3 is 0 Å². The standard InChI is InChI=1S/C23H28N6O4/c1-4-21(22-25-26-27-29(22)9-11-31-2)28(15-19-6-5-10-33-19)14-17-12-16-13-18(32-3)7-8-20(16)24-23(17)30/h5-8,10,12-13,21H,4,9,11,14-15H2,1-3H3,(H,24,30)/t21-/m1/s1. The summed E-state index contributed by atoms with van der Waals surface area (Å²) in [4.78, 5) is 18.1. The Morgan fingerprint density at radius 2 is 2.09 bits per heavy atom. The molecule has 0 amide bonds. The van der Waals surface area contributed by atoms with Gasteiger partial charge in [-0.05, 0) is 53.2 Å². The molecule has 0 radical (unpaired) electrons. The molecule has 4 aromatic rings. The number of hydrogen-bond donors (Lipinski definition) is 1. The van der Waals surface area contributed by atoms with Gasteiger partial charge in [-0.3, -0.25) is 9.69 Å². The van der Waals surface area contributed by atoms with Crippen molar-refractivity contribution < 1.29 is 13.9 Å². The highest BCUT2D eigenvalue weighted by Gasteiger charge is 2.26. The molecule has 0 aliphatic heterocycles. The first-order valence-corrected chi connectivity index (χ1v) is 10.8. The van der Waals surface area contributed by atoms with Gasteiger partial charge in [-0.25, -0.2) is 4.68 Å². The first kappa shape index (κ1) is 22.7. The number of nitrogens with zero attached hydrogens (tertiary/aromatic N) is 5. The summed E-state index contributed by atoms with van der Waals surface area (Å²) in [6.07, 6.45) is 2.39. The second-order valence-electron chi connectivity index (χ2n) is 7.74. The number of tetrazole rings is 1. The fraction of sp³-hybridized carbons (Fsp3) is 0.391. The Hall–Kier alpha value is -3.50. The van der Waals surface area contributed by atoms with E-state index in [-0.39, 0.29) is 11.6 Å². The normalized spacial score (nSPS) is 12.5. The molecule has 10 heteroatoms. The number of furan rings is 1. The number of aromatic nitrogens is 5. The minimum absolute atomic E-state index is 0.133. The van der Waals surface area contributed by atoms with E-state index in [0.717, 1.165) is 34.7 Å². The first-order chi connectivity index (χ1) is 16.1. The summed E-state index contributed by atoms with van der Waals surface area (Å²) >= 11 is 0. The summed E-state index contributed by atoms with van der Waals surface area (Å²) in [6.45, 7) is 4.00. The number of hydrogen-bond acceptors (Lipinski definition) is 8. The molecule has 3 heterocycles. The second kappa shape index (κ2) is 10.4. The third-order valence-corrected chi connectivity index (χ3v) is 5.63. The maximum atomic E-state index is 12.9. The third-order valence-electron chi connectivity index (χ3n) is 5.63. The van der Waals surface area contributed by atoms with Crippen molar-refractivity contribution in [2.45, 2.75) is 39.0 Å². The summed E-state index contributed by atoms with van der Waals surface area (Å²) in [5.74, 6) is 2.25. The lowest BCUT2D eigenvalue weighted by atomic mass is 10.1. The number of H-pyrrole nitrogens is 1. The molecule has 10 nitrogen and oxygen atoms in total. The van der Waals surface area contributed by atoms with Gasteiger partial charge < -0.3 is 18.9 Å². The van der Waals surface area contributed by atoms with Crippen molar-refractivity contribution in [2.24, 2.45) is 0 Å². The van der Waals surface area contributed by atoms with Crippen molar-refractivity contribution in [1.29, 1.82) is 0 Å². The minimum atomic E-state index is -0.137. The van der Waals surface area contributed by atoms with Gasteiger partial charge in [0.1, 0.15) is 11.5 Å². The van der Waals surface area contributed by atoms with Gasteiger partial charge in [0.15, 0.2) is 5.82 Å². The van der Waals surface area contributed by atoms with Gasteiger partial charge in [-0.2, -0.15) is 0 Å². The van der Waals surface area contributed by atoms with E-state index in [0.29, 0.717) is 31.8 Å². The maximum Gasteiger partial charge on any atom is 0.252 e. The van der Waals surface area contributed by atoms with Crippen LogP contribution in [0.15, 0.2) is 51.9 Å². The number of nitrogens with one attached hydrogen (secondary N) is 1. The number of benzene rings is 1. The van der Waals surface area contributed by atoms with Crippen LogP contribution in [0.3, 0.4) is 0 Å². The summed E-state index contributed by atoms with van der Waals surface area (Å²) in [6, 6.07) is 11.1. The zero-order valence-corrected chi connectivity index (χ0v) is 19.0. The summed E-state index contributed by atoms with van der Waals surface area (Å²) in [7, 11) is 3.27. The van der Waals surface area contributed by atoms with E-state index < -0.39 is 0 Å². The molecule has 0 saturated carbocycles. The van der Waals surface area contributed by atoms with Crippen LogP contribution in [0.4, 0.5) is 0 Å². The molecule has 1 atom stereocenters. The second-order valence-corrected chi connectivity index (χ2v) is 7.74. The zero-order chi connectivity index (χ0) is 23.2. The number of methoxy groups -OCH3 is 2. The van der Waals surface area contributed by atoms with Gasteiger partial charge in [0, 0.05) is 30.1 Å². The highest BCUT2D eigenvalue weighted by Crippen LogP contribution is 2.27. The molecule has 0 aliphatic carbocycles. The van der Waals surface area contributed by atoms with Crippen LogP contribution in [-0.2, 0) is 24.4 Å². The Morgan fingerprint density at radius 1 is 1.21 bits per heavy atom. The van der Waals surface area contributed by atoms with E-state index in [2.05, 4.69) is 32.3 Å². The number of pyridine rings is 1. The molecule has 3 aromatic heterocycles. The van der Waals surface area contributed by atoms with Crippen LogP contribution in [0.2, 0.25) is 0 Å². The van der Waals surface area contributed by atoms with Gasteiger partial charge in [0.05, 0.1) is 39.1 Å². The van der Waals surface area contributed by atoms with Crippen LogP contribution < -0.4 is 10.3 Å². The molecule has 1 aromatic carbocycles. The van der Waals surface area contributed by atoms with E-state index in [9.17, 15) is 4.79 Å². The smallest absolute Gasteiger partial charge is 0.252 e. The van der Waals surface area contributed by atoms with Crippen molar-refractivity contribution in [3.05, 3.63) is 70.2 Å². The van der Waals surface area contributed by atoms with Crippen molar-refractivity contribution in [3.63, 3.8) is 0 Å². The molecule has 1 N–H and O–H groups in total. The van der Waals surface area contributed by atoms with E-state index in [4.69, 9.17) is 13.9 Å². The summed E-state index contributed by atoms with van der Waals surface area (Å²) < 4.78 is 17.9. The maximum absolute atomic E-state index is 12.9. The Labute approximate surface area is 191 Å². The molecule has 0 saturated heterocycles. The van der Waals surface area contributed by atoms with E-state index in [1.807, 2.05) is 36.4 Å². The number of aromatic amines is 1. The number of fused-ring (bicyclic) bond motifs is 1. The largest absolute Gasteiger partial charge is 0.497 e. The van der Waals surface area contributed by atoms with Crippen LogP contribution in [0.25, 0.3) is 10.9 Å². The highest BCUT2D eigenvalue weighted by molar-refractivity contribution is 5.80. The Bertz CT molecular complexity index is 1230. The van der Waals surface area contributed by atoms with Crippen molar-refractivity contribution in [1.82, 2.24) is 30.1 Å². The monoisotopic (exact) mass is 452 g/mol. The quantitative estimate of drug-likeness (QED) is 0.370. The molecule has 33 heavy (non-hydrogen) atoms. The molecule has 174 valence electrons. The van der Waals surface area contributed by atoms with Crippen molar-refractivity contribution in [3.8, 4) is 5.75 Å². The Morgan fingerprint density at radius 3 is 2.82 bits per heavy atom. The molecule has 0 fully saturated rings. The zero-order valence-electron chi connectivity index (χ0n) is 19.0. The first-order valence-electron chi connectivity index (χ1n) is 10.8. The van der Waals surface area contributed by atoms with Gasteiger partial charge in [-0.1, -0.05) is 6.92 Å². The topological polar surface area (TPSA) is 111 Å². The Kier molecular flexibility index (Phi) is 7.16. The lowest BCUT2D eigenvalue weighted by Gasteiger charge is -2.29. The third kappa shape index (κ3) is 5.12. The predicted molar refractivity (Wildman–Crippen MR) is 122 cm³/mol. The molecular weight excluding hydrogens is 424 g/mol. The van der Waals surface area contributed by atoms with Crippen LogP contribution >= 0.6 is 0 Å². The fourth-order valence-electron chi connectivity index (χ4n) is 3.96. The van der Waals surface area contributed by atoms with E-state index >= 15 is 0 Å². The van der Waals surface area contributed by atoms with Crippen LogP contribution in [-0.4, -0.2) is 50.9 Å². The minimum Gasteiger partial charge on any atom is -0.497 e. The molecule has 0 bridgehead atoms. The average molecular weight is 453 g/mol. The number of ether oxygens (including phenoxy) is 2. The van der Waals surface area contributed by atoms with Crippen LogP contribution in [0.5, 0.6) is 5.75 Å². The van der Waals surface area contributed by atoms with Crippen LogP contribution in [0, 0.1) is 0 Å². The van der Waals surface area contributed by atoms with Gasteiger partial charge in [0.25, 0.3) is 5.56 Å². The van der Waals surface area contributed by atoms with Crippen LogP contribution in [0.1, 0.15) is 36.5 Å². The lowest BCUT2D eigenvalue weighted by Crippen LogP contribution is -2.32. The molecule has 0 unspecified atom stereocenters. The number of rotatable bonds is 11. The van der Waals surface area contributed by atoms with Gasteiger partial charge in [0.2, 0.25) is 0 Å². The summed E-state index contributed by atoms with van der Waals surface area (Å²) in [5.41, 5.74) is 1.26. The summed E-state index contributed by atoms with van der Waals surface area (Å²) in [5, 5.41) is 13.2. The molecular formula is C23H28N6O4. The fourth-order valence-corrected chi connectivity index (χ4v) is 3.96. The van der Waals surface area contributed by atoms with Crippen molar-refractivity contribution >= 4 is 10.9 Å². The van der Waals surface area contributed by atoms with Crippen molar-refractivity contribution in [2.75, 3.05) is 20.8 Å².